The van der Waals surface area contributed by atoms with Crippen LogP contribution in [0.25, 0.3) is 0 Å². The van der Waals surface area contributed by atoms with Gasteiger partial charge in [0.15, 0.2) is 0 Å². The summed E-state index contributed by atoms with van der Waals surface area (Å²) in [6.07, 6.45) is 3.06. The van der Waals surface area contributed by atoms with Crippen molar-refractivity contribution in [2.24, 2.45) is 7.05 Å². The van der Waals surface area contributed by atoms with Gasteiger partial charge >= 0.3 is 0 Å². The predicted octanol–water partition coefficient (Wildman–Crippen LogP) is 1.70. The van der Waals surface area contributed by atoms with Crippen molar-refractivity contribution in [2.45, 2.75) is 11.4 Å². The SMILES string of the molecule is CNCc1ccc(Br)c(S(=O)(=O)Nc2cnn(C)c2)c1. The van der Waals surface area contributed by atoms with Gasteiger partial charge in [-0.1, -0.05) is 6.07 Å². The molecule has 0 aliphatic rings. The van der Waals surface area contributed by atoms with E-state index in [9.17, 15) is 8.42 Å². The molecule has 2 aromatic rings. The molecule has 2 N–H and O–H groups in total. The van der Waals surface area contributed by atoms with Crippen molar-refractivity contribution in [2.75, 3.05) is 11.8 Å². The zero-order chi connectivity index (χ0) is 14.8. The number of anilines is 1. The standard InChI is InChI=1S/C12H15BrN4O2S/c1-14-6-9-3-4-11(13)12(5-9)20(18,19)16-10-7-15-17(2)8-10/h3-5,7-8,14,16H,6H2,1-2H3. The van der Waals surface area contributed by atoms with E-state index in [0.717, 1.165) is 5.56 Å². The average molecular weight is 359 g/mol. The molecule has 6 nitrogen and oxygen atoms in total. The molecule has 0 saturated carbocycles. The monoisotopic (exact) mass is 358 g/mol. The fourth-order valence-corrected chi connectivity index (χ4v) is 3.79. The van der Waals surface area contributed by atoms with Gasteiger partial charge in [-0.2, -0.15) is 5.10 Å². The van der Waals surface area contributed by atoms with Crippen molar-refractivity contribution in [1.82, 2.24) is 15.1 Å². The molecular formula is C12H15BrN4O2S. The number of nitrogens with one attached hydrogen (secondary N) is 2. The Balaban J connectivity index is 2.35. The van der Waals surface area contributed by atoms with Crippen LogP contribution in [0.2, 0.25) is 0 Å². The first-order chi connectivity index (χ1) is 9.42. The fourth-order valence-electron chi connectivity index (χ4n) is 1.75. The highest BCUT2D eigenvalue weighted by atomic mass is 79.9. The van der Waals surface area contributed by atoms with Crippen molar-refractivity contribution >= 4 is 31.6 Å². The summed E-state index contributed by atoms with van der Waals surface area (Å²) in [4.78, 5) is 0.203. The first kappa shape index (κ1) is 15.0. The lowest BCUT2D eigenvalue weighted by molar-refractivity contribution is 0.600. The molecule has 0 fully saturated rings. The average Bonchev–Trinajstić information content (AvgIpc) is 2.76. The number of aryl methyl sites for hydroxylation is 1. The van der Waals surface area contributed by atoms with E-state index in [0.29, 0.717) is 16.7 Å². The zero-order valence-electron chi connectivity index (χ0n) is 11.1. The molecule has 0 aliphatic heterocycles. The molecular weight excluding hydrogens is 344 g/mol. The van der Waals surface area contributed by atoms with Crippen LogP contribution in [-0.2, 0) is 23.6 Å². The molecule has 108 valence electrons. The van der Waals surface area contributed by atoms with Crippen LogP contribution in [0.1, 0.15) is 5.56 Å². The Morgan fingerprint density at radius 3 is 2.75 bits per heavy atom. The third-order valence-electron chi connectivity index (χ3n) is 2.62. The maximum Gasteiger partial charge on any atom is 0.263 e. The molecule has 20 heavy (non-hydrogen) atoms. The number of hydrogen-bond donors (Lipinski definition) is 2. The summed E-state index contributed by atoms with van der Waals surface area (Å²) in [5.41, 5.74) is 1.32. The minimum absolute atomic E-state index is 0.203. The van der Waals surface area contributed by atoms with Crippen molar-refractivity contribution in [3.05, 3.63) is 40.6 Å². The minimum Gasteiger partial charge on any atom is -0.316 e. The molecule has 0 bridgehead atoms. The van der Waals surface area contributed by atoms with Gasteiger partial charge in [0.05, 0.1) is 11.9 Å². The number of nitrogens with zero attached hydrogens (tertiary/aromatic N) is 2. The van der Waals surface area contributed by atoms with E-state index < -0.39 is 10.0 Å². The highest BCUT2D eigenvalue weighted by Gasteiger charge is 2.19. The minimum atomic E-state index is -3.65. The van der Waals surface area contributed by atoms with Gasteiger partial charge in [0.2, 0.25) is 0 Å². The van der Waals surface area contributed by atoms with Crippen molar-refractivity contribution in [3.8, 4) is 0 Å². The molecule has 0 spiro atoms. The molecule has 0 unspecified atom stereocenters. The van der Waals surface area contributed by atoms with E-state index in [1.165, 1.54) is 10.9 Å². The summed E-state index contributed by atoms with van der Waals surface area (Å²) >= 11 is 3.28. The van der Waals surface area contributed by atoms with E-state index in [1.807, 2.05) is 13.1 Å². The second kappa shape index (κ2) is 5.94. The van der Waals surface area contributed by atoms with Gasteiger partial charge in [0.25, 0.3) is 10.0 Å². The molecule has 0 radical (unpaired) electrons. The molecule has 1 aromatic heterocycles. The first-order valence-electron chi connectivity index (χ1n) is 5.87. The highest BCUT2D eigenvalue weighted by Crippen LogP contribution is 2.25. The Hall–Kier alpha value is -1.38. The molecule has 0 saturated heterocycles. The highest BCUT2D eigenvalue weighted by molar-refractivity contribution is 9.10. The van der Waals surface area contributed by atoms with Gasteiger partial charge in [0, 0.05) is 24.3 Å². The number of sulfonamides is 1. The van der Waals surface area contributed by atoms with Crippen LogP contribution in [-0.4, -0.2) is 25.2 Å². The first-order valence-corrected chi connectivity index (χ1v) is 8.14. The topological polar surface area (TPSA) is 76.0 Å². The van der Waals surface area contributed by atoms with Gasteiger partial charge in [0.1, 0.15) is 4.90 Å². The summed E-state index contributed by atoms with van der Waals surface area (Å²) in [6.45, 7) is 0.600. The smallest absolute Gasteiger partial charge is 0.263 e. The van der Waals surface area contributed by atoms with Crippen molar-refractivity contribution < 1.29 is 8.42 Å². The summed E-state index contributed by atoms with van der Waals surface area (Å²) in [6, 6.07) is 5.23. The van der Waals surface area contributed by atoms with E-state index in [1.54, 1.807) is 25.4 Å². The van der Waals surface area contributed by atoms with Gasteiger partial charge in [-0.15, -0.1) is 0 Å². The van der Waals surface area contributed by atoms with Crippen LogP contribution in [0.5, 0.6) is 0 Å². The maximum absolute atomic E-state index is 12.4. The molecule has 0 amide bonds. The lowest BCUT2D eigenvalue weighted by Gasteiger charge is -2.10. The normalized spacial score (nSPS) is 11.6. The Kier molecular flexibility index (Phi) is 4.46. The van der Waals surface area contributed by atoms with Gasteiger partial charge in [-0.25, -0.2) is 8.42 Å². The summed E-state index contributed by atoms with van der Waals surface area (Å²) < 4.78 is 29.3. The Morgan fingerprint density at radius 1 is 1.40 bits per heavy atom. The maximum atomic E-state index is 12.4. The predicted molar refractivity (Wildman–Crippen MR) is 80.9 cm³/mol. The van der Waals surface area contributed by atoms with Crippen molar-refractivity contribution in [3.63, 3.8) is 0 Å². The molecule has 0 atom stereocenters. The third-order valence-corrected chi connectivity index (χ3v) is 5.00. The van der Waals surface area contributed by atoms with Gasteiger partial charge in [-0.05, 0) is 40.7 Å². The van der Waals surface area contributed by atoms with E-state index in [-0.39, 0.29) is 4.90 Å². The van der Waals surface area contributed by atoms with Crippen LogP contribution in [0.3, 0.4) is 0 Å². The molecule has 0 aliphatic carbocycles. The lowest BCUT2D eigenvalue weighted by atomic mass is 10.2. The van der Waals surface area contributed by atoms with Crippen LogP contribution < -0.4 is 10.0 Å². The van der Waals surface area contributed by atoms with Crippen LogP contribution in [0.15, 0.2) is 40.0 Å². The molecule has 8 heteroatoms. The molecule has 1 heterocycles. The summed E-state index contributed by atoms with van der Waals surface area (Å²) in [7, 11) is -0.116. The number of aromatic nitrogens is 2. The second-order valence-corrected chi connectivity index (χ2v) is 6.81. The molecule has 2 rings (SSSR count). The number of halogens is 1. The fraction of sp³-hybridized carbons (Fsp3) is 0.250. The number of benzene rings is 1. The van der Waals surface area contributed by atoms with Gasteiger partial charge < -0.3 is 5.32 Å². The zero-order valence-corrected chi connectivity index (χ0v) is 13.5. The van der Waals surface area contributed by atoms with Crippen LogP contribution >= 0.6 is 15.9 Å². The van der Waals surface area contributed by atoms with E-state index in [2.05, 4.69) is 31.1 Å². The van der Waals surface area contributed by atoms with Crippen molar-refractivity contribution in [1.29, 1.82) is 0 Å². The van der Waals surface area contributed by atoms with Gasteiger partial charge in [-0.3, -0.25) is 9.40 Å². The largest absolute Gasteiger partial charge is 0.316 e. The Labute approximate surface area is 126 Å². The number of rotatable bonds is 5. The Morgan fingerprint density at radius 2 is 2.15 bits per heavy atom. The summed E-state index contributed by atoms with van der Waals surface area (Å²) in [5, 5.41) is 6.92. The summed E-state index contributed by atoms with van der Waals surface area (Å²) in [5.74, 6) is 0. The third kappa shape index (κ3) is 3.38. The van der Waals surface area contributed by atoms with Crippen LogP contribution in [0.4, 0.5) is 5.69 Å². The lowest BCUT2D eigenvalue weighted by Crippen LogP contribution is -2.14. The van der Waals surface area contributed by atoms with E-state index in [4.69, 9.17) is 0 Å². The quantitative estimate of drug-likeness (QED) is 0.852. The van der Waals surface area contributed by atoms with E-state index >= 15 is 0 Å². The second-order valence-electron chi connectivity index (χ2n) is 4.30. The van der Waals surface area contributed by atoms with Crippen LogP contribution in [0, 0.1) is 0 Å². The Bertz CT molecular complexity index is 712. The number of hydrogen-bond acceptors (Lipinski definition) is 4. The molecule has 1 aromatic carbocycles.